The fraction of sp³-hybridized carbons (Fsp3) is 0.364. The maximum atomic E-state index is 14.1. The van der Waals surface area contributed by atoms with Gasteiger partial charge in [-0.2, -0.15) is 5.10 Å². The normalized spacial score (nSPS) is 13.5. The first-order chi connectivity index (χ1) is 14.5. The van der Waals surface area contributed by atoms with E-state index in [-0.39, 0.29) is 17.6 Å². The van der Waals surface area contributed by atoms with Crippen LogP contribution in [0.1, 0.15) is 48.7 Å². The van der Waals surface area contributed by atoms with Crippen LogP contribution in [-0.2, 0) is 0 Å². The summed E-state index contributed by atoms with van der Waals surface area (Å²) < 4.78 is 20.7. The molecular weight excluding hydrogens is 385 g/mol. The molecule has 1 fully saturated rings. The highest BCUT2D eigenvalue weighted by atomic mass is 19.1. The van der Waals surface area contributed by atoms with Crippen LogP contribution in [0.15, 0.2) is 36.7 Å². The molecule has 0 atom stereocenters. The summed E-state index contributed by atoms with van der Waals surface area (Å²) in [6.45, 7) is 4.70. The van der Waals surface area contributed by atoms with Gasteiger partial charge in [0.15, 0.2) is 11.6 Å². The minimum Gasteiger partial charge on any atom is -0.494 e. The predicted octanol–water partition coefficient (Wildman–Crippen LogP) is 3.74. The van der Waals surface area contributed by atoms with E-state index in [1.807, 2.05) is 13.8 Å². The van der Waals surface area contributed by atoms with E-state index < -0.39 is 5.82 Å². The van der Waals surface area contributed by atoms with Gasteiger partial charge in [-0.15, -0.1) is 0 Å². The summed E-state index contributed by atoms with van der Waals surface area (Å²) in [6, 6.07) is 6.39. The molecule has 0 saturated heterocycles. The number of halogens is 1. The Morgan fingerprint density at radius 2 is 2.13 bits per heavy atom. The molecule has 4 rings (SSSR count). The maximum absolute atomic E-state index is 14.1. The van der Waals surface area contributed by atoms with Crippen LogP contribution in [-0.4, -0.2) is 39.3 Å². The number of rotatable bonds is 7. The molecule has 1 aromatic carbocycles. The van der Waals surface area contributed by atoms with E-state index in [1.165, 1.54) is 13.2 Å². The average Bonchev–Trinajstić information content (AvgIpc) is 3.49. The van der Waals surface area contributed by atoms with E-state index in [0.29, 0.717) is 35.2 Å². The van der Waals surface area contributed by atoms with Crippen LogP contribution in [0.3, 0.4) is 0 Å². The van der Waals surface area contributed by atoms with Crippen LogP contribution in [0, 0.1) is 11.7 Å². The molecule has 1 saturated carbocycles. The van der Waals surface area contributed by atoms with Crippen LogP contribution in [0.2, 0.25) is 0 Å². The van der Waals surface area contributed by atoms with E-state index in [9.17, 15) is 9.18 Å². The lowest BCUT2D eigenvalue weighted by atomic mass is 10.1. The van der Waals surface area contributed by atoms with Crippen molar-refractivity contribution in [2.45, 2.75) is 32.6 Å². The fourth-order valence-electron chi connectivity index (χ4n) is 3.27. The number of carbonyl (C=O) groups excluding carboxylic acids is 1. The standard InChI is InChI=1S/C22H24FN5O2/c1-13(2)11-25-21(29)16-12-26-28(20(16)14-4-5-14)22-24-9-8-18(27-22)15-6-7-19(30-3)17(23)10-15/h6-10,12-14H,4-5,11H2,1-3H3,(H,25,29). The highest BCUT2D eigenvalue weighted by molar-refractivity contribution is 5.95. The van der Waals surface area contributed by atoms with Gasteiger partial charge >= 0.3 is 0 Å². The number of benzene rings is 1. The highest BCUT2D eigenvalue weighted by Gasteiger charge is 2.33. The van der Waals surface area contributed by atoms with Crippen molar-refractivity contribution in [1.29, 1.82) is 0 Å². The van der Waals surface area contributed by atoms with Gasteiger partial charge in [0.2, 0.25) is 0 Å². The first-order valence-electron chi connectivity index (χ1n) is 10.0. The van der Waals surface area contributed by atoms with Gasteiger partial charge in [0.1, 0.15) is 0 Å². The largest absolute Gasteiger partial charge is 0.494 e. The second-order valence-corrected chi connectivity index (χ2v) is 7.82. The molecule has 1 aliphatic carbocycles. The van der Waals surface area contributed by atoms with Crippen molar-refractivity contribution in [1.82, 2.24) is 25.1 Å². The summed E-state index contributed by atoms with van der Waals surface area (Å²) in [5.74, 6) is 0.556. The Balaban J connectivity index is 1.69. The summed E-state index contributed by atoms with van der Waals surface area (Å²) in [5, 5.41) is 7.37. The van der Waals surface area contributed by atoms with Crippen LogP contribution in [0.4, 0.5) is 4.39 Å². The van der Waals surface area contributed by atoms with Crippen LogP contribution in [0.25, 0.3) is 17.2 Å². The monoisotopic (exact) mass is 409 g/mol. The molecule has 1 aliphatic rings. The first kappa shape index (κ1) is 20.0. The zero-order chi connectivity index (χ0) is 21.3. The van der Waals surface area contributed by atoms with Gasteiger partial charge in [0.25, 0.3) is 11.9 Å². The van der Waals surface area contributed by atoms with Crippen molar-refractivity contribution in [2.75, 3.05) is 13.7 Å². The lowest BCUT2D eigenvalue weighted by Crippen LogP contribution is -2.28. The van der Waals surface area contributed by atoms with Crippen molar-refractivity contribution >= 4 is 5.91 Å². The maximum Gasteiger partial charge on any atom is 0.254 e. The van der Waals surface area contributed by atoms with Crippen molar-refractivity contribution in [3.05, 3.63) is 53.7 Å². The SMILES string of the molecule is COc1ccc(-c2ccnc(-n3ncc(C(=O)NCC(C)C)c3C3CC3)n2)cc1F. The van der Waals surface area contributed by atoms with Crippen molar-refractivity contribution in [3.8, 4) is 23.0 Å². The minimum atomic E-state index is -0.461. The lowest BCUT2D eigenvalue weighted by molar-refractivity contribution is 0.0948. The van der Waals surface area contributed by atoms with Gasteiger partial charge in [0, 0.05) is 24.2 Å². The Morgan fingerprint density at radius 1 is 1.33 bits per heavy atom. The number of hydrogen-bond donors (Lipinski definition) is 1. The molecule has 0 unspecified atom stereocenters. The predicted molar refractivity (Wildman–Crippen MR) is 110 cm³/mol. The number of carbonyl (C=O) groups is 1. The molecule has 1 N–H and O–H groups in total. The van der Waals surface area contributed by atoms with E-state index >= 15 is 0 Å². The molecule has 0 radical (unpaired) electrons. The summed E-state index contributed by atoms with van der Waals surface area (Å²) >= 11 is 0. The summed E-state index contributed by atoms with van der Waals surface area (Å²) in [6.07, 6.45) is 5.18. The van der Waals surface area contributed by atoms with Gasteiger partial charge in [-0.05, 0) is 43.0 Å². The van der Waals surface area contributed by atoms with Crippen LogP contribution in [0.5, 0.6) is 5.75 Å². The second kappa shape index (κ2) is 8.22. The number of methoxy groups -OCH3 is 1. The molecule has 1 amide bonds. The average molecular weight is 409 g/mol. The van der Waals surface area contributed by atoms with Crippen molar-refractivity contribution in [2.24, 2.45) is 5.92 Å². The van der Waals surface area contributed by atoms with E-state index in [2.05, 4.69) is 20.4 Å². The summed E-state index contributed by atoms with van der Waals surface area (Å²) in [7, 11) is 1.42. The number of nitrogens with one attached hydrogen (secondary N) is 1. The molecule has 8 heteroatoms. The molecule has 0 spiro atoms. The fourth-order valence-corrected chi connectivity index (χ4v) is 3.27. The van der Waals surface area contributed by atoms with Gasteiger partial charge in [-0.25, -0.2) is 19.0 Å². The molecule has 156 valence electrons. The molecular formula is C22H24FN5O2. The molecule has 30 heavy (non-hydrogen) atoms. The van der Waals surface area contributed by atoms with Crippen LogP contribution >= 0.6 is 0 Å². The molecule has 3 aromatic rings. The Kier molecular flexibility index (Phi) is 5.48. The molecule has 7 nitrogen and oxygen atoms in total. The van der Waals surface area contributed by atoms with Gasteiger partial charge in [-0.3, -0.25) is 4.79 Å². The zero-order valence-corrected chi connectivity index (χ0v) is 17.2. The van der Waals surface area contributed by atoms with E-state index in [0.717, 1.165) is 18.5 Å². The number of ether oxygens (including phenoxy) is 1. The van der Waals surface area contributed by atoms with Crippen molar-refractivity contribution in [3.63, 3.8) is 0 Å². The summed E-state index contributed by atoms with van der Waals surface area (Å²) in [4.78, 5) is 21.6. The Morgan fingerprint density at radius 3 is 2.80 bits per heavy atom. The van der Waals surface area contributed by atoms with Crippen LogP contribution < -0.4 is 10.1 Å². The Labute approximate surface area is 174 Å². The quantitative estimate of drug-likeness (QED) is 0.643. The zero-order valence-electron chi connectivity index (χ0n) is 17.2. The highest BCUT2D eigenvalue weighted by Crippen LogP contribution is 2.42. The van der Waals surface area contributed by atoms with Gasteiger partial charge in [-0.1, -0.05) is 13.8 Å². The van der Waals surface area contributed by atoms with Crippen molar-refractivity contribution < 1.29 is 13.9 Å². The Bertz CT molecular complexity index is 1080. The first-order valence-corrected chi connectivity index (χ1v) is 10.0. The van der Waals surface area contributed by atoms with E-state index in [4.69, 9.17) is 4.74 Å². The number of amides is 1. The number of hydrogen-bond acceptors (Lipinski definition) is 5. The third kappa shape index (κ3) is 4.03. The second-order valence-electron chi connectivity index (χ2n) is 7.82. The third-order valence-electron chi connectivity index (χ3n) is 4.97. The molecule has 2 aromatic heterocycles. The lowest BCUT2D eigenvalue weighted by Gasteiger charge is -2.10. The molecule has 0 aliphatic heterocycles. The van der Waals surface area contributed by atoms with Gasteiger partial charge < -0.3 is 10.1 Å². The molecule has 2 heterocycles. The van der Waals surface area contributed by atoms with E-state index in [1.54, 1.807) is 35.3 Å². The minimum absolute atomic E-state index is 0.134. The topological polar surface area (TPSA) is 81.9 Å². The number of aromatic nitrogens is 4. The van der Waals surface area contributed by atoms with Gasteiger partial charge in [0.05, 0.1) is 30.3 Å². The Hall–Kier alpha value is -3.29. The summed E-state index contributed by atoms with van der Waals surface area (Å²) in [5.41, 5.74) is 2.55. The third-order valence-corrected chi connectivity index (χ3v) is 4.97. The smallest absolute Gasteiger partial charge is 0.254 e. The number of nitrogens with zero attached hydrogens (tertiary/aromatic N) is 4. The molecule has 0 bridgehead atoms.